The molecule has 2 aromatic heterocycles. The van der Waals surface area contributed by atoms with Gasteiger partial charge in [0.25, 0.3) is 0 Å². The number of aromatic nitrogens is 2. The number of hydrogen-bond donors (Lipinski definition) is 1. The van der Waals surface area contributed by atoms with Crippen molar-refractivity contribution in [3.8, 4) is 17.3 Å². The topological polar surface area (TPSA) is 53.1 Å². The predicted octanol–water partition coefficient (Wildman–Crippen LogP) is 5.06. The molecule has 0 spiro atoms. The molecular formula is C21H15FN4. The molecule has 0 unspecified atom stereocenters. The van der Waals surface area contributed by atoms with Crippen LogP contribution < -0.4 is 5.32 Å². The molecule has 0 radical (unpaired) electrons. The van der Waals surface area contributed by atoms with Crippen LogP contribution in [0.4, 0.5) is 15.9 Å². The highest BCUT2D eigenvalue weighted by Gasteiger charge is 2.19. The first-order valence-electron chi connectivity index (χ1n) is 8.17. The van der Waals surface area contributed by atoms with E-state index in [0.29, 0.717) is 28.3 Å². The molecule has 1 N–H and O–H groups in total. The first kappa shape index (κ1) is 15.9. The van der Waals surface area contributed by atoms with Gasteiger partial charge in [-0.1, -0.05) is 24.3 Å². The summed E-state index contributed by atoms with van der Waals surface area (Å²) < 4.78 is 16.5. The summed E-state index contributed by atoms with van der Waals surface area (Å²) in [6, 6.07) is 19.9. The fraction of sp³-hybridized carbons (Fsp3) is 0.0476. The summed E-state index contributed by atoms with van der Waals surface area (Å²) in [7, 11) is 0. The minimum atomic E-state index is -0.317. The Morgan fingerprint density at radius 2 is 1.92 bits per heavy atom. The van der Waals surface area contributed by atoms with Crippen molar-refractivity contribution in [3.63, 3.8) is 0 Å². The molecule has 0 aliphatic rings. The lowest BCUT2D eigenvalue weighted by molar-refractivity contribution is 0.630. The van der Waals surface area contributed by atoms with E-state index >= 15 is 0 Å². The van der Waals surface area contributed by atoms with Gasteiger partial charge in [0.05, 0.1) is 11.6 Å². The van der Waals surface area contributed by atoms with Crippen molar-refractivity contribution in [1.82, 2.24) is 9.38 Å². The van der Waals surface area contributed by atoms with E-state index in [2.05, 4.69) is 16.4 Å². The fourth-order valence-electron chi connectivity index (χ4n) is 3.02. The zero-order valence-electron chi connectivity index (χ0n) is 14.1. The third-order valence-corrected chi connectivity index (χ3v) is 4.24. The second-order valence-corrected chi connectivity index (χ2v) is 5.99. The second-order valence-electron chi connectivity index (χ2n) is 5.99. The molecular weight excluding hydrogens is 327 g/mol. The maximum atomic E-state index is 14.6. The number of nitriles is 1. The number of anilines is 2. The Hall–Kier alpha value is -3.65. The normalized spacial score (nSPS) is 10.7. The van der Waals surface area contributed by atoms with Crippen LogP contribution in [-0.4, -0.2) is 9.38 Å². The molecule has 0 saturated heterocycles. The van der Waals surface area contributed by atoms with Crippen molar-refractivity contribution >= 4 is 17.2 Å². The molecule has 126 valence electrons. The van der Waals surface area contributed by atoms with Crippen molar-refractivity contribution in [2.24, 2.45) is 0 Å². The Morgan fingerprint density at radius 1 is 1.08 bits per heavy atom. The van der Waals surface area contributed by atoms with Crippen LogP contribution >= 0.6 is 0 Å². The number of fused-ring (bicyclic) bond motifs is 1. The molecule has 2 aromatic carbocycles. The van der Waals surface area contributed by atoms with Crippen LogP contribution in [0.3, 0.4) is 0 Å². The van der Waals surface area contributed by atoms with E-state index in [-0.39, 0.29) is 5.82 Å². The van der Waals surface area contributed by atoms with Crippen LogP contribution in [0.2, 0.25) is 0 Å². The molecule has 0 saturated carbocycles. The zero-order valence-corrected chi connectivity index (χ0v) is 14.1. The summed E-state index contributed by atoms with van der Waals surface area (Å²) in [5.41, 5.74) is 3.81. The van der Waals surface area contributed by atoms with Crippen LogP contribution in [0, 0.1) is 24.1 Å². The number of nitrogens with one attached hydrogen (secondary N) is 1. The Balaban J connectivity index is 1.94. The molecule has 5 heteroatoms. The SMILES string of the molecule is Cc1cccc(F)c1-c1nc2ccccn2c1Nc1cccc(C#N)c1. The highest BCUT2D eigenvalue weighted by atomic mass is 19.1. The van der Waals surface area contributed by atoms with Gasteiger partial charge in [-0.05, 0) is 48.9 Å². The number of rotatable bonds is 3. The summed E-state index contributed by atoms with van der Waals surface area (Å²) in [4.78, 5) is 4.64. The van der Waals surface area contributed by atoms with Crippen LogP contribution in [0.1, 0.15) is 11.1 Å². The van der Waals surface area contributed by atoms with Crippen molar-refractivity contribution < 1.29 is 4.39 Å². The lowest BCUT2D eigenvalue weighted by Crippen LogP contribution is -1.98. The average Bonchev–Trinajstić information content (AvgIpc) is 3.00. The summed E-state index contributed by atoms with van der Waals surface area (Å²) >= 11 is 0. The smallest absolute Gasteiger partial charge is 0.143 e. The van der Waals surface area contributed by atoms with Crippen LogP contribution in [-0.2, 0) is 0 Å². The number of halogens is 1. The lowest BCUT2D eigenvalue weighted by Gasteiger charge is -2.11. The van der Waals surface area contributed by atoms with Gasteiger partial charge in [-0.2, -0.15) is 5.26 Å². The van der Waals surface area contributed by atoms with Gasteiger partial charge in [0.15, 0.2) is 0 Å². The van der Waals surface area contributed by atoms with Crippen LogP contribution in [0.5, 0.6) is 0 Å². The molecule has 0 atom stereocenters. The molecule has 0 fully saturated rings. The Labute approximate surface area is 150 Å². The molecule has 4 nitrogen and oxygen atoms in total. The number of benzene rings is 2. The Bertz CT molecular complexity index is 1130. The molecule has 2 heterocycles. The van der Waals surface area contributed by atoms with Crippen LogP contribution in [0.15, 0.2) is 66.9 Å². The first-order chi connectivity index (χ1) is 12.7. The van der Waals surface area contributed by atoms with Gasteiger partial charge in [-0.25, -0.2) is 9.37 Å². The van der Waals surface area contributed by atoms with Crippen molar-refractivity contribution in [2.75, 3.05) is 5.32 Å². The Morgan fingerprint density at radius 3 is 2.73 bits per heavy atom. The number of aryl methyl sites for hydroxylation is 1. The van der Waals surface area contributed by atoms with Gasteiger partial charge in [0, 0.05) is 17.4 Å². The largest absolute Gasteiger partial charge is 0.339 e. The first-order valence-corrected chi connectivity index (χ1v) is 8.17. The summed E-state index contributed by atoms with van der Waals surface area (Å²) in [6.45, 7) is 1.86. The highest BCUT2D eigenvalue weighted by Crippen LogP contribution is 2.34. The maximum absolute atomic E-state index is 14.6. The molecule has 0 bridgehead atoms. The summed E-state index contributed by atoms with van der Waals surface area (Å²) in [5.74, 6) is 0.339. The van der Waals surface area contributed by atoms with E-state index in [1.807, 2.05) is 47.9 Å². The molecule has 4 aromatic rings. The lowest BCUT2D eigenvalue weighted by atomic mass is 10.0. The maximum Gasteiger partial charge on any atom is 0.143 e. The standard InChI is InChI=1S/C21H15FN4/c1-14-6-4-9-17(22)19(14)20-21(26-11-3-2-10-18(26)25-20)24-16-8-5-7-15(12-16)13-23/h2-12,24H,1H3. The Kier molecular flexibility index (Phi) is 3.86. The monoisotopic (exact) mass is 342 g/mol. The number of imidazole rings is 1. The molecule has 0 amide bonds. The van der Waals surface area contributed by atoms with Gasteiger partial charge in [-0.15, -0.1) is 0 Å². The van der Waals surface area contributed by atoms with E-state index < -0.39 is 0 Å². The summed E-state index contributed by atoms with van der Waals surface area (Å²) in [6.07, 6.45) is 1.87. The molecule has 4 rings (SSSR count). The fourth-order valence-corrected chi connectivity index (χ4v) is 3.02. The van der Waals surface area contributed by atoms with E-state index in [1.54, 1.807) is 24.3 Å². The zero-order chi connectivity index (χ0) is 18.1. The van der Waals surface area contributed by atoms with Gasteiger partial charge in [0.2, 0.25) is 0 Å². The minimum Gasteiger partial charge on any atom is -0.339 e. The predicted molar refractivity (Wildman–Crippen MR) is 99.8 cm³/mol. The number of pyridine rings is 1. The van der Waals surface area contributed by atoms with E-state index in [4.69, 9.17) is 5.26 Å². The molecule has 0 aliphatic carbocycles. The molecule has 0 aliphatic heterocycles. The quantitative estimate of drug-likeness (QED) is 0.566. The van der Waals surface area contributed by atoms with Gasteiger partial charge in [-0.3, -0.25) is 4.40 Å². The second kappa shape index (κ2) is 6.34. The van der Waals surface area contributed by atoms with Crippen molar-refractivity contribution in [3.05, 3.63) is 83.8 Å². The molecule has 26 heavy (non-hydrogen) atoms. The summed E-state index contributed by atoms with van der Waals surface area (Å²) in [5, 5.41) is 12.4. The minimum absolute atomic E-state index is 0.317. The van der Waals surface area contributed by atoms with E-state index in [0.717, 1.165) is 11.3 Å². The highest BCUT2D eigenvalue weighted by molar-refractivity contribution is 5.81. The third-order valence-electron chi connectivity index (χ3n) is 4.24. The third kappa shape index (κ3) is 2.68. The van der Waals surface area contributed by atoms with Crippen molar-refractivity contribution in [1.29, 1.82) is 5.26 Å². The van der Waals surface area contributed by atoms with Gasteiger partial charge < -0.3 is 5.32 Å². The number of hydrogen-bond acceptors (Lipinski definition) is 3. The van der Waals surface area contributed by atoms with E-state index in [9.17, 15) is 4.39 Å². The van der Waals surface area contributed by atoms with Gasteiger partial charge >= 0.3 is 0 Å². The number of nitrogens with zero attached hydrogens (tertiary/aromatic N) is 3. The van der Waals surface area contributed by atoms with Crippen molar-refractivity contribution in [2.45, 2.75) is 6.92 Å². The van der Waals surface area contributed by atoms with Crippen LogP contribution in [0.25, 0.3) is 16.9 Å². The van der Waals surface area contributed by atoms with Gasteiger partial charge in [0.1, 0.15) is 23.0 Å². The van der Waals surface area contributed by atoms with E-state index in [1.165, 1.54) is 6.07 Å². The average molecular weight is 342 g/mol.